The quantitative estimate of drug-likeness (QED) is 0.909. The van der Waals surface area contributed by atoms with Crippen molar-refractivity contribution < 1.29 is 0 Å². The van der Waals surface area contributed by atoms with Crippen LogP contribution in [0.1, 0.15) is 56.5 Å². The van der Waals surface area contributed by atoms with Crippen LogP contribution in [-0.2, 0) is 6.54 Å². The Morgan fingerprint density at radius 1 is 1.39 bits per heavy atom. The minimum absolute atomic E-state index is 0.474. The molecule has 3 nitrogen and oxygen atoms in total. The van der Waals surface area contributed by atoms with Gasteiger partial charge in [-0.1, -0.05) is 27.2 Å². The summed E-state index contributed by atoms with van der Waals surface area (Å²) >= 11 is 1.79. The van der Waals surface area contributed by atoms with Gasteiger partial charge in [0.2, 0.25) is 0 Å². The molecule has 1 aromatic rings. The monoisotopic (exact) mass is 267 g/mol. The maximum absolute atomic E-state index is 5.83. The zero-order valence-electron chi connectivity index (χ0n) is 11.8. The Kier molecular flexibility index (Phi) is 4.62. The van der Waals surface area contributed by atoms with E-state index in [0.29, 0.717) is 12.5 Å². The molecule has 2 N–H and O–H groups in total. The minimum Gasteiger partial charge on any atom is -0.348 e. The standard InChI is InChI=1S/C14H25N3S/c1-4-11-5-7-17(8-6-11)14-16-13(10(2)3)12(9-15)18-14/h10-11H,4-9,15H2,1-3H3. The molecule has 0 unspecified atom stereocenters. The number of rotatable bonds is 4. The molecule has 1 aliphatic heterocycles. The fraction of sp³-hybridized carbons (Fsp3) is 0.786. The van der Waals surface area contributed by atoms with Crippen molar-refractivity contribution in [1.82, 2.24) is 4.98 Å². The van der Waals surface area contributed by atoms with Gasteiger partial charge in [-0.3, -0.25) is 0 Å². The summed E-state index contributed by atoms with van der Waals surface area (Å²) in [6.45, 7) is 9.63. The summed E-state index contributed by atoms with van der Waals surface area (Å²) < 4.78 is 0. The highest BCUT2D eigenvalue weighted by Gasteiger charge is 2.22. The normalized spacial score (nSPS) is 17.7. The summed E-state index contributed by atoms with van der Waals surface area (Å²) in [5.41, 5.74) is 7.03. The highest BCUT2D eigenvalue weighted by molar-refractivity contribution is 7.15. The molecule has 0 radical (unpaired) electrons. The first-order chi connectivity index (χ1) is 8.65. The molecule has 0 aliphatic carbocycles. The topological polar surface area (TPSA) is 42.2 Å². The molecule has 0 amide bonds. The molecule has 102 valence electrons. The number of piperidine rings is 1. The molecule has 18 heavy (non-hydrogen) atoms. The Bertz CT molecular complexity index is 378. The smallest absolute Gasteiger partial charge is 0.185 e. The lowest BCUT2D eigenvalue weighted by Crippen LogP contribution is -2.33. The van der Waals surface area contributed by atoms with E-state index in [4.69, 9.17) is 10.7 Å². The molecule has 1 saturated heterocycles. The SMILES string of the molecule is CCC1CCN(c2nc(C(C)C)c(CN)s2)CC1. The summed E-state index contributed by atoms with van der Waals surface area (Å²) in [6, 6.07) is 0. The van der Waals surface area contributed by atoms with Crippen molar-refractivity contribution in [3.05, 3.63) is 10.6 Å². The van der Waals surface area contributed by atoms with Crippen LogP contribution in [0.5, 0.6) is 0 Å². The largest absolute Gasteiger partial charge is 0.348 e. The van der Waals surface area contributed by atoms with Crippen LogP contribution in [-0.4, -0.2) is 18.1 Å². The van der Waals surface area contributed by atoms with Crippen LogP contribution in [0.4, 0.5) is 5.13 Å². The number of thiazole rings is 1. The van der Waals surface area contributed by atoms with Crippen molar-refractivity contribution in [3.8, 4) is 0 Å². The predicted molar refractivity (Wildman–Crippen MR) is 79.3 cm³/mol. The molecule has 4 heteroatoms. The van der Waals surface area contributed by atoms with Crippen LogP contribution in [0.15, 0.2) is 0 Å². The molecule has 0 spiro atoms. The fourth-order valence-corrected chi connectivity index (χ4v) is 3.76. The molecular weight excluding hydrogens is 242 g/mol. The number of hydrogen-bond acceptors (Lipinski definition) is 4. The van der Waals surface area contributed by atoms with Crippen molar-refractivity contribution >= 4 is 16.5 Å². The number of hydrogen-bond donors (Lipinski definition) is 1. The lowest BCUT2D eigenvalue weighted by molar-refractivity contribution is 0.395. The molecule has 0 bridgehead atoms. The Balaban J connectivity index is 2.10. The maximum atomic E-state index is 5.83. The van der Waals surface area contributed by atoms with Crippen LogP contribution in [0, 0.1) is 5.92 Å². The number of anilines is 1. The van der Waals surface area contributed by atoms with Gasteiger partial charge < -0.3 is 10.6 Å². The van der Waals surface area contributed by atoms with E-state index in [2.05, 4.69) is 25.7 Å². The van der Waals surface area contributed by atoms with E-state index in [1.165, 1.54) is 35.0 Å². The summed E-state index contributed by atoms with van der Waals surface area (Å²) in [6.07, 6.45) is 3.94. The van der Waals surface area contributed by atoms with E-state index in [1.54, 1.807) is 11.3 Å². The van der Waals surface area contributed by atoms with Gasteiger partial charge >= 0.3 is 0 Å². The molecule has 0 atom stereocenters. The predicted octanol–water partition coefficient (Wildman–Crippen LogP) is 3.35. The van der Waals surface area contributed by atoms with Gasteiger partial charge in [-0.2, -0.15) is 0 Å². The van der Waals surface area contributed by atoms with Crippen LogP contribution in [0.2, 0.25) is 0 Å². The van der Waals surface area contributed by atoms with Gasteiger partial charge in [-0.05, 0) is 24.7 Å². The zero-order valence-corrected chi connectivity index (χ0v) is 12.6. The second kappa shape index (κ2) is 6.02. The van der Waals surface area contributed by atoms with Gasteiger partial charge in [0.15, 0.2) is 5.13 Å². The van der Waals surface area contributed by atoms with Crippen molar-refractivity contribution in [2.24, 2.45) is 11.7 Å². The third-order valence-corrected chi connectivity index (χ3v) is 5.07. The van der Waals surface area contributed by atoms with Crippen LogP contribution in [0.3, 0.4) is 0 Å². The van der Waals surface area contributed by atoms with Gasteiger partial charge in [0.05, 0.1) is 5.69 Å². The van der Waals surface area contributed by atoms with Gasteiger partial charge in [-0.15, -0.1) is 11.3 Å². The van der Waals surface area contributed by atoms with E-state index in [9.17, 15) is 0 Å². The minimum atomic E-state index is 0.474. The first-order valence-corrected chi connectivity index (χ1v) is 7.92. The molecule has 1 aromatic heterocycles. The first-order valence-electron chi connectivity index (χ1n) is 7.10. The second-order valence-corrected chi connectivity index (χ2v) is 6.56. The highest BCUT2D eigenvalue weighted by Crippen LogP contribution is 2.33. The lowest BCUT2D eigenvalue weighted by Gasteiger charge is -2.31. The summed E-state index contributed by atoms with van der Waals surface area (Å²) in [5, 5.41) is 1.19. The number of nitrogens with two attached hydrogens (primary N) is 1. The number of aromatic nitrogens is 1. The average molecular weight is 267 g/mol. The van der Waals surface area contributed by atoms with Crippen LogP contribution >= 0.6 is 11.3 Å². The average Bonchev–Trinajstić information content (AvgIpc) is 2.83. The molecular formula is C14H25N3S. The number of nitrogens with zero attached hydrogens (tertiary/aromatic N) is 2. The van der Waals surface area contributed by atoms with Crippen molar-refractivity contribution in [2.75, 3.05) is 18.0 Å². The van der Waals surface area contributed by atoms with Crippen molar-refractivity contribution in [2.45, 2.75) is 52.5 Å². The van der Waals surface area contributed by atoms with Gasteiger partial charge in [0, 0.05) is 24.5 Å². The third-order valence-electron chi connectivity index (χ3n) is 3.91. The maximum Gasteiger partial charge on any atom is 0.185 e. The van der Waals surface area contributed by atoms with Crippen LogP contribution < -0.4 is 10.6 Å². The second-order valence-electron chi connectivity index (χ2n) is 5.50. The highest BCUT2D eigenvalue weighted by atomic mass is 32.1. The van der Waals surface area contributed by atoms with E-state index in [1.807, 2.05) is 0 Å². The van der Waals surface area contributed by atoms with Gasteiger partial charge in [0.25, 0.3) is 0 Å². The molecule has 0 saturated carbocycles. The van der Waals surface area contributed by atoms with Gasteiger partial charge in [-0.25, -0.2) is 4.98 Å². The lowest BCUT2D eigenvalue weighted by atomic mass is 9.95. The Hall–Kier alpha value is -0.610. The molecule has 0 aromatic carbocycles. The van der Waals surface area contributed by atoms with Crippen LogP contribution in [0.25, 0.3) is 0 Å². The summed E-state index contributed by atoms with van der Waals surface area (Å²) in [7, 11) is 0. The van der Waals surface area contributed by atoms with E-state index in [-0.39, 0.29) is 0 Å². The van der Waals surface area contributed by atoms with Crippen molar-refractivity contribution in [1.29, 1.82) is 0 Å². The molecule has 1 aliphatic rings. The Morgan fingerprint density at radius 3 is 2.50 bits per heavy atom. The van der Waals surface area contributed by atoms with E-state index >= 15 is 0 Å². The first kappa shape index (κ1) is 13.8. The third kappa shape index (κ3) is 2.86. The van der Waals surface area contributed by atoms with Gasteiger partial charge in [0.1, 0.15) is 0 Å². The molecule has 2 rings (SSSR count). The van der Waals surface area contributed by atoms with Crippen molar-refractivity contribution in [3.63, 3.8) is 0 Å². The summed E-state index contributed by atoms with van der Waals surface area (Å²) in [5.74, 6) is 1.39. The zero-order chi connectivity index (χ0) is 13.1. The Morgan fingerprint density at radius 2 is 2.06 bits per heavy atom. The summed E-state index contributed by atoms with van der Waals surface area (Å²) in [4.78, 5) is 8.53. The van der Waals surface area contributed by atoms with E-state index in [0.717, 1.165) is 19.0 Å². The Labute approximate surface area is 114 Å². The van der Waals surface area contributed by atoms with E-state index < -0.39 is 0 Å². The fourth-order valence-electron chi connectivity index (χ4n) is 2.62. The molecule has 2 heterocycles. The molecule has 1 fully saturated rings.